The molecule has 2 aliphatic carbocycles. The molecule has 0 aliphatic heterocycles. The van der Waals surface area contributed by atoms with E-state index in [1.165, 1.54) is 53.3 Å². The Bertz CT molecular complexity index is 1340. The Kier molecular flexibility index (Phi) is 4.19. The van der Waals surface area contributed by atoms with Gasteiger partial charge in [0.2, 0.25) is 0 Å². The molecule has 0 spiro atoms. The summed E-state index contributed by atoms with van der Waals surface area (Å²) >= 11 is 9.84. The SMILES string of the molecule is Clc1cc2c(C3=Cc4c(cccc4Sc4cccc5c4C=CC5)C3)cccc2s1. The first-order valence-electron chi connectivity index (χ1n) is 9.73. The Labute approximate surface area is 183 Å². The molecule has 0 radical (unpaired) electrons. The summed E-state index contributed by atoms with van der Waals surface area (Å²) in [6, 6.07) is 22.0. The molecule has 0 fully saturated rings. The van der Waals surface area contributed by atoms with E-state index < -0.39 is 0 Å². The van der Waals surface area contributed by atoms with Crippen molar-refractivity contribution in [2.24, 2.45) is 0 Å². The van der Waals surface area contributed by atoms with E-state index >= 15 is 0 Å². The van der Waals surface area contributed by atoms with Gasteiger partial charge in [-0.15, -0.1) is 11.3 Å². The van der Waals surface area contributed by atoms with Gasteiger partial charge in [0.1, 0.15) is 0 Å². The Morgan fingerprint density at radius 2 is 1.66 bits per heavy atom. The topological polar surface area (TPSA) is 0 Å². The van der Waals surface area contributed by atoms with Crippen LogP contribution < -0.4 is 0 Å². The van der Waals surface area contributed by atoms with Gasteiger partial charge in [0, 0.05) is 19.9 Å². The van der Waals surface area contributed by atoms with Crippen molar-refractivity contribution in [2.45, 2.75) is 22.6 Å². The van der Waals surface area contributed by atoms with Crippen LogP contribution in [-0.2, 0) is 12.8 Å². The lowest BCUT2D eigenvalue weighted by Crippen LogP contribution is -1.88. The Balaban J connectivity index is 1.42. The molecular formula is C26H17ClS2. The van der Waals surface area contributed by atoms with Crippen molar-refractivity contribution in [3.63, 3.8) is 0 Å². The highest BCUT2D eigenvalue weighted by molar-refractivity contribution is 7.99. The maximum absolute atomic E-state index is 6.30. The molecular weight excluding hydrogens is 412 g/mol. The van der Waals surface area contributed by atoms with E-state index in [1.54, 1.807) is 11.3 Å². The molecule has 0 unspecified atom stereocenters. The second kappa shape index (κ2) is 6.91. The zero-order chi connectivity index (χ0) is 19.4. The van der Waals surface area contributed by atoms with E-state index in [9.17, 15) is 0 Å². The molecule has 0 N–H and O–H groups in total. The van der Waals surface area contributed by atoms with Gasteiger partial charge in [-0.25, -0.2) is 0 Å². The molecule has 3 aromatic carbocycles. The first-order valence-corrected chi connectivity index (χ1v) is 11.7. The fourth-order valence-electron chi connectivity index (χ4n) is 4.38. The van der Waals surface area contributed by atoms with E-state index in [1.807, 2.05) is 11.8 Å². The van der Waals surface area contributed by atoms with Crippen LogP contribution in [0.15, 0.2) is 76.5 Å². The third kappa shape index (κ3) is 2.98. The number of allylic oxidation sites excluding steroid dienone is 2. The van der Waals surface area contributed by atoms with Gasteiger partial charge in [0.15, 0.2) is 0 Å². The zero-order valence-corrected chi connectivity index (χ0v) is 18.0. The molecule has 6 rings (SSSR count). The zero-order valence-electron chi connectivity index (χ0n) is 15.6. The molecule has 0 saturated heterocycles. The minimum absolute atomic E-state index is 0.853. The third-order valence-electron chi connectivity index (χ3n) is 5.73. The van der Waals surface area contributed by atoms with Crippen LogP contribution >= 0.6 is 34.7 Å². The first kappa shape index (κ1) is 17.6. The fourth-order valence-corrected chi connectivity index (χ4v) is 6.69. The second-order valence-electron chi connectivity index (χ2n) is 7.48. The van der Waals surface area contributed by atoms with Gasteiger partial charge in [-0.1, -0.05) is 71.9 Å². The lowest BCUT2D eigenvalue weighted by molar-refractivity contribution is 1.25. The highest BCUT2D eigenvalue weighted by Crippen LogP contribution is 2.43. The second-order valence-corrected chi connectivity index (χ2v) is 10.3. The normalized spacial score (nSPS) is 14.3. The predicted molar refractivity (Wildman–Crippen MR) is 128 cm³/mol. The van der Waals surface area contributed by atoms with Crippen LogP contribution in [-0.4, -0.2) is 0 Å². The highest BCUT2D eigenvalue weighted by Gasteiger charge is 2.20. The molecule has 1 aromatic heterocycles. The van der Waals surface area contributed by atoms with E-state index in [0.29, 0.717) is 0 Å². The van der Waals surface area contributed by atoms with E-state index in [0.717, 1.165) is 17.2 Å². The molecule has 4 aromatic rings. The molecule has 0 nitrogen and oxygen atoms in total. The summed E-state index contributed by atoms with van der Waals surface area (Å²) in [5, 5.41) is 1.27. The number of rotatable bonds is 3. The van der Waals surface area contributed by atoms with Crippen molar-refractivity contribution in [1.82, 2.24) is 0 Å². The van der Waals surface area contributed by atoms with Gasteiger partial charge in [-0.05, 0) is 76.6 Å². The highest BCUT2D eigenvalue weighted by atomic mass is 35.5. The van der Waals surface area contributed by atoms with E-state index in [4.69, 9.17) is 11.6 Å². The van der Waals surface area contributed by atoms with Crippen LogP contribution in [0, 0.1) is 0 Å². The molecule has 0 atom stereocenters. The smallest absolute Gasteiger partial charge is 0.0941 e. The summed E-state index contributed by atoms with van der Waals surface area (Å²) < 4.78 is 2.11. The lowest BCUT2D eigenvalue weighted by atomic mass is 10.0. The Hall–Kier alpha value is -2.26. The van der Waals surface area contributed by atoms with Crippen molar-refractivity contribution in [3.05, 3.63) is 98.9 Å². The maximum Gasteiger partial charge on any atom is 0.0941 e. The summed E-state index contributed by atoms with van der Waals surface area (Å²) in [5.74, 6) is 0. The van der Waals surface area contributed by atoms with Crippen LogP contribution in [0.2, 0.25) is 4.34 Å². The maximum atomic E-state index is 6.30. The number of fused-ring (bicyclic) bond motifs is 3. The van der Waals surface area contributed by atoms with Crippen molar-refractivity contribution >= 4 is 62.5 Å². The average Bonchev–Trinajstić information content (AvgIpc) is 3.45. The molecule has 2 aliphatic rings. The van der Waals surface area contributed by atoms with E-state index in [-0.39, 0.29) is 0 Å². The van der Waals surface area contributed by atoms with Crippen LogP contribution in [0.25, 0.3) is 27.8 Å². The monoisotopic (exact) mass is 428 g/mol. The van der Waals surface area contributed by atoms with Crippen molar-refractivity contribution < 1.29 is 0 Å². The van der Waals surface area contributed by atoms with Crippen molar-refractivity contribution in [1.29, 1.82) is 0 Å². The molecule has 0 amide bonds. The van der Waals surface area contributed by atoms with Gasteiger partial charge in [0.25, 0.3) is 0 Å². The van der Waals surface area contributed by atoms with Crippen molar-refractivity contribution in [2.75, 3.05) is 0 Å². The third-order valence-corrected chi connectivity index (χ3v) is 8.11. The molecule has 29 heavy (non-hydrogen) atoms. The fraction of sp³-hybridized carbons (Fsp3) is 0.0769. The van der Waals surface area contributed by atoms with Gasteiger partial charge in [-0.3, -0.25) is 0 Å². The van der Waals surface area contributed by atoms with Gasteiger partial charge in [-0.2, -0.15) is 0 Å². The largest absolute Gasteiger partial charge is 0.123 e. The number of thiophene rings is 1. The molecule has 0 saturated carbocycles. The van der Waals surface area contributed by atoms with Crippen molar-refractivity contribution in [3.8, 4) is 0 Å². The molecule has 140 valence electrons. The van der Waals surface area contributed by atoms with Gasteiger partial charge < -0.3 is 0 Å². The van der Waals surface area contributed by atoms with Crippen LogP contribution in [0.3, 0.4) is 0 Å². The molecule has 3 heteroatoms. The molecule has 0 bridgehead atoms. The first-order chi connectivity index (χ1) is 14.3. The summed E-state index contributed by atoms with van der Waals surface area (Å²) in [5.41, 5.74) is 8.28. The number of hydrogen-bond donors (Lipinski definition) is 0. The summed E-state index contributed by atoms with van der Waals surface area (Å²) in [7, 11) is 0. The summed E-state index contributed by atoms with van der Waals surface area (Å²) in [6.45, 7) is 0. The van der Waals surface area contributed by atoms with Gasteiger partial charge in [0.05, 0.1) is 4.34 Å². The number of hydrogen-bond acceptors (Lipinski definition) is 2. The lowest BCUT2D eigenvalue weighted by Gasteiger charge is -2.10. The summed E-state index contributed by atoms with van der Waals surface area (Å²) in [4.78, 5) is 2.68. The number of halogens is 1. The molecule has 1 heterocycles. The summed E-state index contributed by atoms with van der Waals surface area (Å²) in [6.07, 6.45) is 8.94. The predicted octanol–water partition coefficient (Wildman–Crippen LogP) is 8.37. The number of benzene rings is 3. The average molecular weight is 429 g/mol. The van der Waals surface area contributed by atoms with E-state index in [2.05, 4.69) is 78.9 Å². The van der Waals surface area contributed by atoms with Crippen LogP contribution in [0.1, 0.15) is 27.8 Å². The van der Waals surface area contributed by atoms with Gasteiger partial charge >= 0.3 is 0 Å². The Morgan fingerprint density at radius 3 is 2.55 bits per heavy atom. The quantitative estimate of drug-likeness (QED) is 0.315. The van der Waals surface area contributed by atoms with Crippen LogP contribution in [0.5, 0.6) is 0 Å². The minimum Gasteiger partial charge on any atom is -0.123 e. The van der Waals surface area contributed by atoms with Crippen LogP contribution in [0.4, 0.5) is 0 Å². The Morgan fingerprint density at radius 1 is 0.862 bits per heavy atom. The standard InChI is InChI=1S/C26H17ClS2/c27-26-15-22-19(8-4-12-25(22)29-26)18-13-17-7-3-11-24(21(17)14-18)28-23-10-2-6-16-5-1-9-20(16)23/h1-4,6-12,14-15H,5,13H2. The minimum atomic E-state index is 0.853.